The second-order valence-corrected chi connectivity index (χ2v) is 5.75. The van der Waals surface area contributed by atoms with Gasteiger partial charge in [0.1, 0.15) is 12.0 Å². The van der Waals surface area contributed by atoms with Gasteiger partial charge in [-0.15, -0.1) is 0 Å². The Kier molecular flexibility index (Phi) is 3.78. The zero-order valence-corrected chi connectivity index (χ0v) is 12.6. The van der Waals surface area contributed by atoms with Crippen LogP contribution in [-0.4, -0.2) is 13.4 Å². The number of fused-ring (bicyclic) bond motifs is 1. The van der Waals surface area contributed by atoms with Crippen LogP contribution in [0.15, 0.2) is 30.3 Å². The number of rotatable bonds is 4. The van der Waals surface area contributed by atoms with Crippen molar-refractivity contribution in [3.8, 4) is 5.75 Å². The standard InChI is InChI=1S/C19H20O2/c1-13-6-8-14(9-7-13)10-15-11-16(12-20)17-4-3-5-18(17)19(15)21-2/h6-9,11-12H,3-5,10H2,1-2H3. The Hall–Kier alpha value is -2.09. The van der Waals surface area contributed by atoms with E-state index in [1.807, 2.05) is 6.07 Å². The maximum atomic E-state index is 11.4. The summed E-state index contributed by atoms with van der Waals surface area (Å²) in [5.41, 5.74) is 6.88. The van der Waals surface area contributed by atoms with Gasteiger partial charge in [-0.05, 0) is 54.5 Å². The molecule has 0 aromatic heterocycles. The molecule has 0 amide bonds. The molecule has 108 valence electrons. The molecule has 2 heteroatoms. The molecule has 1 aliphatic rings. The van der Waals surface area contributed by atoms with Crippen molar-refractivity contribution < 1.29 is 9.53 Å². The van der Waals surface area contributed by atoms with Gasteiger partial charge in [0.25, 0.3) is 0 Å². The summed E-state index contributed by atoms with van der Waals surface area (Å²) < 4.78 is 5.67. The molecule has 0 fully saturated rings. The highest BCUT2D eigenvalue weighted by atomic mass is 16.5. The van der Waals surface area contributed by atoms with Gasteiger partial charge in [-0.1, -0.05) is 29.8 Å². The lowest BCUT2D eigenvalue weighted by Crippen LogP contribution is -2.02. The van der Waals surface area contributed by atoms with Crippen molar-refractivity contribution in [1.82, 2.24) is 0 Å². The van der Waals surface area contributed by atoms with E-state index in [9.17, 15) is 4.79 Å². The third kappa shape index (κ3) is 2.58. The minimum Gasteiger partial charge on any atom is -0.496 e. The number of hydrogen-bond donors (Lipinski definition) is 0. The fraction of sp³-hybridized carbons (Fsp3) is 0.316. The summed E-state index contributed by atoms with van der Waals surface area (Å²) in [6.07, 6.45) is 4.91. The largest absolute Gasteiger partial charge is 0.496 e. The highest BCUT2D eigenvalue weighted by molar-refractivity contribution is 5.80. The monoisotopic (exact) mass is 280 g/mol. The lowest BCUT2D eigenvalue weighted by molar-refractivity contribution is 0.112. The van der Waals surface area contributed by atoms with Crippen molar-refractivity contribution in [2.75, 3.05) is 7.11 Å². The van der Waals surface area contributed by atoms with Gasteiger partial charge in [0.15, 0.2) is 0 Å². The Morgan fingerprint density at radius 2 is 1.86 bits per heavy atom. The van der Waals surface area contributed by atoms with Crippen molar-refractivity contribution in [3.63, 3.8) is 0 Å². The first-order valence-electron chi connectivity index (χ1n) is 7.45. The van der Waals surface area contributed by atoms with Crippen LogP contribution in [0.3, 0.4) is 0 Å². The van der Waals surface area contributed by atoms with E-state index < -0.39 is 0 Å². The summed E-state index contributed by atoms with van der Waals surface area (Å²) in [5, 5.41) is 0. The fourth-order valence-electron chi connectivity index (χ4n) is 3.26. The molecule has 21 heavy (non-hydrogen) atoms. The van der Waals surface area contributed by atoms with Gasteiger partial charge in [0.2, 0.25) is 0 Å². The first kappa shape index (κ1) is 13.9. The van der Waals surface area contributed by atoms with E-state index in [-0.39, 0.29) is 0 Å². The molecule has 2 nitrogen and oxygen atoms in total. The Labute approximate surface area is 125 Å². The lowest BCUT2D eigenvalue weighted by atomic mass is 9.94. The van der Waals surface area contributed by atoms with Crippen LogP contribution in [0.1, 0.15) is 44.6 Å². The Balaban J connectivity index is 2.05. The number of aldehydes is 1. The number of hydrogen-bond acceptors (Lipinski definition) is 2. The summed E-state index contributed by atoms with van der Waals surface area (Å²) in [5.74, 6) is 0.980. The third-order valence-corrected chi connectivity index (χ3v) is 4.31. The first-order chi connectivity index (χ1) is 10.2. The van der Waals surface area contributed by atoms with E-state index in [0.29, 0.717) is 0 Å². The van der Waals surface area contributed by atoms with Gasteiger partial charge in [-0.2, -0.15) is 0 Å². The minimum atomic E-state index is 0.803. The molecule has 2 aromatic carbocycles. The molecule has 0 spiro atoms. The number of carbonyl (C=O) groups excluding carboxylic acids is 1. The van der Waals surface area contributed by atoms with Crippen LogP contribution in [0.25, 0.3) is 0 Å². The zero-order valence-electron chi connectivity index (χ0n) is 12.6. The number of ether oxygens (including phenoxy) is 1. The molecule has 0 radical (unpaired) electrons. The van der Waals surface area contributed by atoms with Gasteiger partial charge in [-0.25, -0.2) is 0 Å². The molecule has 0 bridgehead atoms. The van der Waals surface area contributed by atoms with Crippen LogP contribution < -0.4 is 4.74 Å². The van der Waals surface area contributed by atoms with Crippen LogP contribution in [-0.2, 0) is 19.3 Å². The summed E-state index contributed by atoms with van der Waals surface area (Å²) in [6.45, 7) is 2.09. The minimum absolute atomic E-state index is 0.803. The van der Waals surface area contributed by atoms with Gasteiger partial charge in [-0.3, -0.25) is 4.79 Å². The van der Waals surface area contributed by atoms with Gasteiger partial charge in [0, 0.05) is 12.0 Å². The van der Waals surface area contributed by atoms with E-state index in [2.05, 4.69) is 31.2 Å². The zero-order chi connectivity index (χ0) is 14.8. The topological polar surface area (TPSA) is 26.3 Å². The highest BCUT2D eigenvalue weighted by Crippen LogP contribution is 2.36. The Morgan fingerprint density at radius 3 is 2.52 bits per heavy atom. The van der Waals surface area contributed by atoms with Crippen LogP contribution in [0.5, 0.6) is 5.75 Å². The molecular formula is C19H20O2. The second-order valence-electron chi connectivity index (χ2n) is 5.75. The van der Waals surface area contributed by atoms with Crippen LogP contribution in [0, 0.1) is 6.92 Å². The maximum absolute atomic E-state index is 11.4. The van der Waals surface area contributed by atoms with Crippen molar-refractivity contribution >= 4 is 6.29 Å². The van der Waals surface area contributed by atoms with Crippen molar-refractivity contribution in [2.45, 2.75) is 32.6 Å². The molecule has 0 unspecified atom stereocenters. The van der Waals surface area contributed by atoms with Gasteiger partial charge >= 0.3 is 0 Å². The first-order valence-corrected chi connectivity index (χ1v) is 7.45. The molecule has 0 saturated carbocycles. The van der Waals surface area contributed by atoms with Crippen LogP contribution in [0.4, 0.5) is 0 Å². The maximum Gasteiger partial charge on any atom is 0.150 e. The summed E-state index contributed by atoms with van der Waals surface area (Å²) in [4.78, 5) is 11.4. The summed E-state index contributed by atoms with van der Waals surface area (Å²) in [7, 11) is 1.73. The average Bonchev–Trinajstić information content (AvgIpc) is 2.98. The Morgan fingerprint density at radius 1 is 1.14 bits per heavy atom. The molecule has 0 heterocycles. The molecular weight excluding hydrogens is 260 g/mol. The summed E-state index contributed by atoms with van der Waals surface area (Å²) >= 11 is 0. The van der Waals surface area contributed by atoms with E-state index in [0.717, 1.165) is 48.8 Å². The second kappa shape index (κ2) is 5.72. The highest BCUT2D eigenvalue weighted by Gasteiger charge is 2.22. The fourth-order valence-corrected chi connectivity index (χ4v) is 3.26. The Bertz CT molecular complexity index is 669. The molecule has 3 rings (SSSR count). The molecule has 0 atom stereocenters. The van der Waals surface area contributed by atoms with Crippen molar-refractivity contribution in [1.29, 1.82) is 0 Å². The summed E-state index contributed by atoms with van der Waals surface area (Å²) in [6, 6.07) is 10.5. The molecule has 0 saturated heterocycles. The lowest BCUT2D eigenvalue weighted by Gasteiger charge is -2.15. The van der Waals surface area contributed by atoms with Crippen molar-refractivity contribution in [2.24, 2.45) is 0 Å². The quantitative estimate of drug-likeness (QED) is 0.794. The molecule has 0 aliphatic heterocycles. The van der Waals surface area contributed by atoms with Gasteiger partial charge < -0.3 is 4.74 Å². The molecule has 1 aliphatic carbocycles. The van der Waals surface area contributed by atoms with Crippen LogP contribution >= 0.6 is 0 Å². The predicted molar refractivity (Wildman–Crippen MR) is 84.4 cm³/mol. The number of methoxy groups -OCH3 is 1. The molecule has 0 N–H and O–H groups in total. The van der Waals surface area contributed by atoms with E-state index in [1.165, 1.54) is 22.3 Å². The average molecular weight is 280 g/mol. The number of benzene rings is 2. The smallest absolute Gasteiger partial charge is 0.150 e. The van der Waals surface area contributed by atoms with E-state index >= 15 is 0 Å². The van der Waals surface area contributed by atoms with E-state index in [1.54, 1.807) is 7.11 Å². The van der Waals surface area contributed by atoms with Gasteiger partial charge in [0.05, 0.1) is 7.11 Å². The predicted octanol–water partition coefficient (Wildman–Crippen LogP) is 3.90. The molecule has 2 aromatic rings. The normalized spacial score (nSPS) is 13.0. The van der Waals surface area contributed by atoms with Crippen molar-refractivity contribution in [3.05, 3.63) is 63.7 Å². The third-order valence-electron chi connectivity index (χ3n) is 4.31. The van der Waals surface area contributed by atoms with Crippen LogP contribution in [0.2, 0.25) is 0 Å². The number of aryl methyl sites for hydroxylation is 1. The number of carbonyl (C=O) groups is 1. The van der Waals surface area contributed by atoms with E-state index in [4.69, 9.17) is 4.74 Å². The SMILES string of the molecule is COc1c(Cc2ccc(C)cc2)cc(C=O)c2c1CCC2.